The minimum absolute atomic E-state index is 0.00492. The number of ether oxygens (including phenoxy) is 1. The van der Waals surface area contributed by atoms with Crippen LogP contribution in [0, 0.1) is 6.92 Å². The van der Waals surface area contributed by atoms with E-state index in [2.05, 4.69) is 10.3 Å². The van der Waals surface area contributed by atoms with Gasteiger partial charge in [-0.15, -0.1) is 11.3 Å². The highest BCUT2D eigenvalue weighted by molar-refractivity contribution is 7.09. The second-order valence-electron chi connectivity index (χ2n) is 6.41. The Morgan fingerprint density at radius 2 is 2.07 bits per heavy atom. The smallest absolute Gasteiger partial charge is 0.296 e. The molecule has 3 heterocycles. The van der Waals surface area contributed by atoms with E-state index < -0.39 is 11.7 Å². The van der Waals surface area contributed by atoms with Gasteiger partial charge in [0.2, 0.25) is 0 Å². The summed E-state index contributed by atoms with van der Waals surface area (Å²) in [6, 6.07) is 13.4. The third-order valence-electron chi connectivity index (χ3n) is 4.32. The van der Waals surface area contributed by atoms with Crippen LogP contribution in [0.25, 0.3) is 22.2 Å². The number of aliphatic hydroxyl groups excluding tert-OH is 1. The molecule has 0 amide bonds. The zero-order valence-corrected chi connectivity index (χ0v) is 16.1. The monoisotopic (exact) mass is 397 g/mol. The molecule has 1 atom stereocenters. The molecule has 0 aliphatic rings. The van der Waals surface area contributed by atoms with Gasteiger partial charge in [0.05, 0.1) is 31.2 Å². The van der Waals surface area contributed by atoms with Crippen molar-refractivity contribution in [2.75, 3.05) is 6.61 Å². The molecule has 0 aliphatic carbocycles. The summed E-state index contributed by atoms with van der Waals surface area (Å²) in [4.78, 5) is 13.8. The molecule has 4 rings (SSSR count). The van der Waals surface area contributed by atoms with E-state index in [0.29, 0.717) is 23.4 Å². The molecule has 0 fully saturated rings. The maximum Gasteiger partial charge on any atom is 0.296 e. The Bertz CT molecular complexity index is 1120. The van der Waals surface area contributed by atoms with Crippen LogP contribution in [0.1, 0.15) is 10.6 Å². The molecule has 3 aromatic heterocycles. The molecule has 0 saturated heterocycles. The van der Waals surface area contributed by atoms with Gasteiger partial charge >= 0.3 is 0 Å². The number of nitrogens with zero attached hydrogens (tertiary/aromatic N) is 3. The van der Waals surface area contributed by atoms with Crippen LogP contribution in [0.3, 0.4) is 0 Å². The van der Waals surface area contributed by atoms with Crippen molar-refractivity contribution in [2.45, 2.75) is 26.2 Å². The number of fused-ring (bicyclic) bond motifs is 1. The Hall–Kier alpha value is -2.81. The van der Waals surface area contributed by atoms with Crippen molar-refractivity contribution < 1.29 is 14.4 Å². The van der Waals surface area contributed by atoms with E-state index in [1.807, 2.05) is 47.8 Å². The van der Waals surface area contributed by atoms with Gasteiger partial charge in [0.25, 0.3) is 5.56 Å². The fourth-order valence-corrected chi connectivity index (χ4v) is 3.64. The number of aliphatic hydroxyl groups is 1. The average Bonchev–Trinajstić information content (AvgIpc) is 3.35. The maximum absolute atomic E-state index is 12.7. The second-order valence-corrected chi connectivity index (χ2v) is 7.44. The summed E-state index contributed by atoms with van der Waals surface area (Å²) in [5, 5.41) is 21.3. The van der Waals surface area contributed by atoms with Gasteiger partial charge in [-0.05, 0) is 18.4 Å². The standard InChI is InChI=1S/C20H19N3O4S/c1-13-17-18(14-6-3-2-4-7-14)21-23(20(25)19(17)22-27-13)10-15(24)11-26-12-16-8-5-9-28-16/h2-9,15,24H,10-12H2,1H3. The van der Waals surface area contributed by atoms with E-state index in [9.17, 15) is 9.90 Å². The fraction of sp³-hybridized carbons (Fsp3) is 0.250. The fourth-order valence-electron chi connectivity index (χ4n) is 3.00. The average molecular weight is 397 g/mol. The molecule has 0 spiro atoms. The Kier molecular flexibility index (Phi) is 5.34. The van der Waals surface area contributed by atoms with Crippen molar-refractivity contribution in [1.29, 1.82) is 0 Å². The highest BCUT2D eigenvalue weighted by Gasteiger charge is 2.20. The molecule has 7 nitrogen and oxygen atoms in total. The summed E-state index contributed by atoms with van der Waals surface area (Å²) in [5.41, 5.74) is 1.25. The summed E-state index contributed by atoms with van der Waals surface area (Å²) in [5.74, 6) is 0.533. The highest BCUT2D eigenvalue weighted by Crippen LogP contribution is 2.26. The predicted molar refractivity (Wildman–Crippen MR) is 106 cm³/mol. The van der Waals surface area contributed by atoms with Gasteiger partial charge in [0.1, 0.15) is 11.5 Å². The van der Waals surface area contributed by atoms with Crippen LogP contribution in [-0.2, 0) is 17.9 Å². The molecule has 1 aromatic carbocycles. The first-order chi connectivity index (χ1) is 13.6. The van der Waals surface area contributed by atoms with Gasteiger partial charge in [-0.25, -0.2) is 4.68 Å². The van der Waals surface area contributed by atoms with Crippen molar-refractivity contribution in [2.24, 2.45) is 0 Å². The van der Waals surface area contributed by atoms with E-state index in [1.54, 1.807) is 18.3 Å². The molecular weight excluding hydrogens is 378 g/mol. The predicted octanol–water partition coefficient (Wildman–Crippen LogP) is 3.00. The lowest BCUT2D eigenvalue weighted by Crippen LogP contribution is -2.31. The number of hydrogen-bond donors (Lipinski definition) is 1. The minimum atomic E-state index is -0.876. The Labute approximate surface area is 164 Å². The Morgan fingerprint density at radius 3 is 2.82 bits per heavy atom. The number of hydrogen-bond acceptors (Lipinski definition) is 7. The van der Waals surface area contributed by atoms with Gasteiger partial charge in [-0.2, -0.15) is 5.10 Å². The lowest BCUT2D eigenvalue weighted by molar-refractivity contribution is 0.0190. The van der Waals surface area contributed by atoms with Crippen LogP contribution in [0.5, 0.6) is 0 Å². The Balaban J connectivity index is 1.60. The van der Waals surface area contributed by atoms with Crippen molar-refractivity contribution in [1.82, 2.24) is 14.9 Å². The van der Waals surface area contributed by atoms with Gasteiger partial charge < -0.3 is 14.4 Å². The zero-order chi connectivity index (χ0) is 19.5. The molecule has 0 saturated carbocycles. The quantitative estimate of drug-likeness (QED) is 0.516. The van der Waals surface area contributed by atoms with Crippen LogP contribution in [0.15, 0.2) is 57.2 Å². The first kappa shape index (κ1) is 18.5. The molecule has 0 radical (unpaired) electrons. The van der Waals surface area contributed by atoms with Crippen LogP contribution in [-0.4, -0.2) is 32.8 Å². The summed E-state index contributed by atoms with van der Waals surface area (Å²) in [6.45, 7) is 2.28. The van der Waals surface area contributed by atoms with E-state index in [-0.39, 0.29) is 18.7 Å². The SMILES string of the molecule is Cc1onc2c(=O)n(CC(O)COCc3cccs3)nc(-c3ccccc3)c12. The van der Waals surface area contributed by atoms with Gasteiger partial charge in [-0.3, -0.25) is 4.79 Å². The number of aromatic nitrogens is 3. The van der Waals surface area contributed by atoms with Gasteiger partial charge in [-0.1, -0.05) is 41.6 Å². The normalized spacial score (nSPS) is 12.5. The largest absolute Gasteiger partial charge is 0.389 e. The second kappa shape index (κ2) is 8.05. The van der Waals surface area contributed by atoms with Crippen molar-refractivity contribution in [3.63, 3.8) is 0 Å². The van der Waals surface area contributed by atoms with Crippen LogP contribution < -0.4 is 5.56 Å². The molecule has 1 unspecified atom stereocenters. The summed E-state index contributed by atoms with van der Waals surface area (Å²) < 4.78 is 12.0. The van der Waals surface area contributed by atoms with Crippen LogP contribution in [0.4, 0.5) is 0 Å². The van der Waals surface area contributed by atoms with Crippen LogP contribution in [0.2, 0.25) is 0 Å². The number of aryl methyl sites for hydroxylation is 1. The van der Waals surface area contributed by atoms with Gasteiger partial charge in [0.15, 0.2) is 5.52 Å². The molecular formula is C20H19N3O4S. The molecule has 0 bridgehead atoms. The molecule has 0 aliphatic heterocycles. The van der Waals surface area contributed by atoms with E-state index in [0.717, 1.165) is 10.4 Å². The first-order valence-corrected chi connectivity index (χ1v) is 9.72. The maximum atomic E-state index is 12.7. The third-order valence-corrected chi connectivity index (χ3v) is 5.17. The Morgan fingerprint density at radius 1 is 1.25 bits per heavy atom. The van der Waals surface area contributed by atoms with E-state index in [1.165, 1.54) is 4.68 Å². The van der Waals surface area contributed by atoms with Gasteiger partial charge in [0, 0.05) is 10.4 Å². The van der Waals surface area contributed by atoms with Crippen LogP contribution >= 0.6 is 11.3 Å². The summed E-state index contributed by atoms with van der Waals surface area (Å²) in [6.07, 6.45) is -0.876. The zero-order valence-electron chi connectivity index (χ0n) is 15.2. The third kappa shape index (κ3) is 3.75. The first-order valence-electron chi connectivity index (χ1n) is 8.84. The van der Waals surface area contributed by atoms with Crippen molar-refractivity contribution in [3.8, 4) is 11.3 Å². The lowest BCUT2D eigenvalue weighted by Gasteiger charge is -2.13. The topological polar surface area (TPSA) is 90.4 Å². The molecule has 28 heavy (non-hydrogen) atoms. The number of thiophene rings is 1. The highest BCUT2D eigenvalue weighted by atomic mass is 32.1. The van der Waals surface area contributed by atoms with Crippen molar-refractivity contribution in [3.05, 3.63) is 68.8 Å². The molecule has 144 valence electrons. The minimum Gasteiger partial charge on any atom is -0.389 e. The lowest BCUT2D eigenvalue weighted by atomic mass is 10.1. The molecule has 4 aromatic rings. The molecule has 8 heteroatoms. The number of rotatable bonds is 7. The summed E-state index contributed by atoms with van der Waals surface area (Å²) >= 11 is 1.59. The summed E-state index contributed by atoms with van der Waals surface area (Å²) in [7, 11) is 0. The number of benzene rings is 1. The van der Waals surface area contributed by atoms with E-state index >= 15 is 0 Å². The van der Waals surface area contributed by atoms with Crippen molar-refractivity contribution >= 4 is 22.2 Å². The van der Waals surface area contributed by atoms with E-state index in [4.69, 9.17) is 9.26 Å². The molecule has 1 N–H and O–H groups in total.